The summed E-state index contributed by atoms with van der Waals surface area (Å²) in [4.78, 5) is 25.2. The molecule has 0 aromatic heterocycles. The molecule has 11 heteroatoms. The second-order valence-electron chi connectivity index (χ2n) is 7.54. The van der Waals surface area contributed by atoms with E-state index >= 15 is 0 Å². The zero-order valence-corrected chi connectivity index (χ0v) is 18.8. The molecule has 0 aliphatic carbocycles. The molecule has 0 bridgehead atoms. The van der Waals surface area contributed by atoms with Crippen LogP contribution < -0.4 is 14.5 Å². The smallest absolute Gasteiger partial charge is 0.271 e. The lowest BCUT2D eigenvalue weighted by Crippen LogP contribution is -2.40. The van der Waals surface area contributed by atoms with Gasteiger partial charge in [-0.05, 0) is 30.2 Å². The molecular formula is C21H26N4O6S. The Kier molecular flexibility index (Phi) is 7.31. The molecule has 0 saturated carbocycles. The third kappa shape index (κ3) is 5.95. The topological polar surface area (TPSA) is 122 Å². The van der Waals surface area contributed by atoms with E-state index in [0.29, 0.717) is 18.8 Å². The largest absolute Gasteiger partial charge is 0.378 e. The molecule has 10 nitrogen and oxygen atoms in total. The van der Waals surface area contributed by atoms with Gasteiger partial charge in [-0.1, -0.05) is 18.2 Å². The van der Waals surface area contributed by atoms with E-state index in [9.17, 15) is 23.3 Å². The van der Waals surface area contributed by atoms with Crippen molar-refractivity contribution in [2.75, 3.05) is 48.3 Å². The number of hydrogen-bond acceptors (Lipinski definition) is 7. The van der Waals surface area contributed by atoms with Crippen LogP contribution >= 0.6 is 0 Å². The van der Waals surface area contributed by atoms with Crippen molar-refractivity contribution in [3.05, 3.63) is 63.7 Å². The standard InChI is InChI=1S/C21H26N4O6S/c1-16-3-6-19(25(27)28)13-20(16)24(32(2,29)30)15-21(26)22-14-17-4-7-18(8-5-17)23-9-11-31-12-10-23/h3-8,13H,9-12,14-15H2,1-2H3,(H,22,26). The molecule has 0 radical (unpaired) electrons. The number of aryl methyl sites for hydroxylation is 1. The number of anilines is 2. The highest BCUT2D eigenvalue weighted by molar-refractivity contribution is 7.92. The number of nitro groups is 1. The van der Waals surface area contributed by atoms with Crippen molar-refractivity contribution >= 4 is 33.0 Å². The second kappa shape index (κ2) is 9.96. The van der Waals surface area contributed by atoms with Crippen LogP contribution in [0.4, 0.5) is 17.1 Å². The summed E-state index contributed by atoms with van der Waals surface area (Å²) >= 11 is 0. The minimum absolute atomic E-state index is 0.103. The average Bonchev–Trinajstić information content (AvgIpc) is 2.76. The second-order valence-corrected chi connectivity index (χ2v) is 9.45. The first-order valence-electron chi connectivity index (χ1n) is 10.1. The molecule has 1 fully saturated rings. The van der Waals surface area contributed by atoms with E-state index in [-0.39, 0.29) is 17.9 Å². The fourth-order valence-corrected chi connectivity index (χ4v) is 4.30. The quantitative estimate of drug-likeness (QED) is 0.469. The summed E-state index contributed by atoms with van der Waals surface area (Å²) in [5.74, 6) is -0.515. The van der Waals surface area contributed by atoms with E-state index in [2.05, 4.69) is 10.2 Å². The maximum absolute atomic E-state index is 12.5. The Labute approximate surface area is 187 Å². The number of non-ortho nitro benzene ring substituents is 1. The van der Waals surface area contributed by atoms with Gasteiger partial charge in [-0.25, -0.2) is 8.42 Å². The van der Waals surface area contributed by atoms with Gasteiger partial charge in [-0.3, -0.25) is 19.2 Å². The molecule has 32 heavy (non-hydrogen) atoms. The maximum Gasteiger partial charge on any atom is 0.271 e. The number of benzene rings is 2. The summed E-state index contributed by atoms with van der Waals surface area (Å²) < 4.78 is 30.9. The number of ether oxygens (including phenoxy) is 1. The van der Waals surface area contributed by atoms with E-state index in [0.717, 1.165) is 41.0 Å². The van der Waals surface area contributed by atoms with Crippen molar-refractivity contribution in [3.63, 3.8) is 0 Å². The van der Waals surface area contributed by atoms with Crippen LogP contribution in [0.15, 0.2) is 42.5 Å². The average molecular weight is 463 g/mol. The molecule has 2 aromatic rings. The number of sulfonamides is 1. The van der Waals surface area contributed by atoms with Gasteiger partial charge in [0.05, 0.1) is 30.1 Å². The number of morpholine rings is 1. The van der Waals surface area contributed by atoms with Crippen LogP contribution in [0.2, 0.25) is 0 Å². The summed E-state index contributed by atoms with van der Waals surface area (Å²) in [5, 5.41) is 13.8. The molecule has 1 N–H and O–H groups in total. The van der Waals surface area contributed by atoms with Crippen LogP contribution in [0.25, 0.3) is 0 Å². The van der Waals surface area contributed by atoms with E-state index in [1.807, 2.05) is 24.3 Å². The van der Waals surface area contributed by atoms with Crippen LogP contribution in [0, 0.1) is 17.0 Å². The third-order valence-electron chi connectivity index (χ3n) is 5.16. The number of nitrogens with one attached hydrogen (secondary N) is 1. The molecule has 0 unspecified atom stereocenters. The Bertz CT molecular complexity index is 1080. The number of carbonyl (C=O) groups excluding carboxylic acids is 1. The number of nitro benzene ring substituents is 1. The third-order valence-corrected chi connectivity index (χ3v) is 6.29. The van der Waals surface area contributed by atoms with Gasteiger partial charge in [-0.15, -0.1) is 0 Å². The van der Waals surface area contributed by atoms with E-state index in [1.54, 1.807) is 6.92 Å². The van der Waals surface area contributed by atoms with Crippen LogP contribution in [0.5, 0.6) is 0 Å². The Hall–Kier alpha value is -3.18. The molecule has 1 amide bonds. The van der Waals surface area contributed by atoms with Crippen molar-refractivity contribution in [1.82, 2.24) is 5.32 Å². The normalized spacial score (nSPS) is 14.1. The van der Waals surface area contributed by atoms with Crippen molar-refractivity contribution in [3.8, 4) is 0 Å². The molecule has 0 spiro atoms. The first-order valence-corrected chi connectivity index (χ1v) is 11.9. The number of amides is 1. The van der Waals surface area contributed by atoms with Gasteiger partial charge >= 0.3 is 0 Å². The number of carbonyl (C=O) groups is 1. The molecule has 1 heterocycles. The lowest BCUT2D eigenvalue weighted by atomic mass is 10.1. The highest BCUT2D eigenvalue weighted by Gasteiger charge is 2.24. The molecular weight excluding hydrogens is 436 g/mol. The lowest BCUT2D eigenvalue weighted by Gasteiger charge is -2.29. The van der Waals surface area contributed by atoms with Gasteiger partial charge in [-0.2, -0.15) is 0 Å². The Morgan fingerprint density at radius 3 is 2.44 bits per heavy atom. The predicted molar refractivity (Wildman–Crippen MR) is 121 cm³/mol. The zero-order chi connectivity index (χ0) is 23.3. The molecule has 1 aliphatic rings. The lowest BCUT2D eigenvalue weighted by molar-refractivity contribution is -0.384. The van der Waals surface area contributed by atoms with Gasteiger partial charge in [0, 0.05) is 37.5 Å². The van der Waals surface area contributed by atoms with Crippen LogP contribution in [0.1, 0.15) is 11.1 Å². The molecule has 2 aromatic carbocycles. The van der Waals surface area contributed by atoms with E-state index in [4.69, 9.17) is 4.74 Å². The minimum Gasteiger partial charge on any atom is -0.378 e. The molecule has 1 saturated heterocycles. The van der Waals surface area contributed by atoms with Crippen LogP contribution in [-0.4, -0.2) is 58.4 Å². The highest BCUT2D eigenvalue weighted by atomic mass is 32.2. The van der Waals surface area contributed by atoms with Crippen LogP contribution in [0.3, 0.4) is 0 Å². The fourth-order valence-electron chi connectivity index (χ4n) is 3.39. The van der Waals surface area contributed by atoms with Gasteiger partial charge in [0.25, 0.3) is 5.69 Å². The number of nitrogens with zero attached hydrogens (tertiary/aromatic N) is 3. The van der Waals surface area contributed by atoms with E-state index < -0.39 is 27.4 Å². The monoisotopic (exact) mass is 462 g/mol. The Balaban J connectivity index is 1.66. The summed E-state index contributed by atoms with van der Waals surface area (Å²) in [7, 11) is -3.84. The van der Waals surface area contributed by atoms with Gasteiger partial charge < -0.3 is 15.0 Å². The number of rotatable bonds is 8. The fraction of sp³-hybridized carbons (Fsp3) is 0.381. The zero-order valence-electron chi connectivity index (χ0n) is 18.0. The molecule has 3 rings (SSSR count). The minimum atomic E-state index is -3.84. The Morgan fingerprint density at radius 2 is 1.84 bits per heavy atom. The summed E-state index contributed by atoms with van der Waals surface area (Å²) in [6.45, 7) is 4.42. The maximum atomic E-state index is 12.5. The molecule has 172 valence electrons. The van der Waals surface area contributed by atoms with Crippen LogP contribution in [-0.2, 0) is 26.1 Å². The molecule has 0 atom stereocenters. The van der Waals surface area contributed by atoms with E-state index in [1.165, 1.54) is 12.1 Å². The first-order chi connectivity index (χ1) is 15.1. The highest BCUT2D eigenvalue weighted by Crippen LogP contribution is 2.27. The van der Waals surface area contributed by atoms with Gasteiger partial charge in [0.15, 0.2) is 0 Å². The first kappa shape index (κ1) is 23.5. The van der Waals surface area contributed by atoms with Crippen molar-refractivity contribution in [2.45, 2.75) is 13.5 Å². The van der Waals surface area contributed by atoms with Gasteiger partial charge in [0.2, 0.25) is 15.9 Å². The summed E-state index contributed by atoms with van der Waals surface area (Å²) in [6, 6.07) is 11.7. The molecule has 1 aliphatic heterocycles. The van der Waals surface area contributed by atoms with Crippen molar-refractivity contribution in [1.29, 1.82) is 0 Å². The van der Waals surface area contributed by atoms with Crippen molar-refractivity contribution in [2.24, 2.45) is 0 Å². The summed E-state index contributed by atoms with van der Waals surface area (Å²) in [5.41, 5.74) is 2.31. The Morgan fingerprint density at radius 1 is 1.19 bits per heavy atom. The van der Waals surface area contributed by atoms with Crippen molar-refractivity contribution < 1.29 is 22.9 Å². The van der Waals surface area contributed by atoms with Gasteiger partial charge in [0.1, 0.15) is 6.54 Å². The predicted octanol–water partition coefficient (Wildman–Crippen LogP) is 1.82. The summed E-state index contributed by atoms with van der Waals surface area (Å²) in [6.07, 6.45) is 0.961. The SMILES string of the molecule is Cc1ccc([N+](=O)[O-])cc1N(CC(=O)NCc1ccc(N2CCOCC2)cc1)S(C)(=O)=O. The number of hydrogen-bond donors (Lipinski definition) is 1.